The predicted octanol–water partition coefficient (Wildman–Crippen LogP) is 5.98. The molecule has 0 saturated heterocycles. The molecule has 2 heterocycles. The van der Waals surface area contributed by atoms with E-state index in [0.717, 1.165) is 34.0 Å². The van der Waals surface area contributed by atoms with E-state index in [1.54, 1.807) is 0 Å². The number of aromatic nitrogens is 2. The number of hydrogen-bond donors (Lipinski definition) is 0. The summed E-state index contributed by atoms with van der Waals surface area (Å²) in [5.74, 6) is 1.26. The van der Waals surface area contributed by atoms with Crippen LogP contribution >= 0.6 is 11.8 Å². The average molecular weight is 365 g/mol. The van der Waals surface area contributed by atoms with Gasteiger partial charge in [-0.3, -0.25) is 9.97 Å². The summed E-state index contributed by atoms with van der Waals surface area (Å²) in [5, 5.41) is 1.86. The second-order valence-corrected chi connectivity index (χ2v) is 8.34. The normalized spacial score (nSPS) is 15.2. The zero-order valence-electron chi connectivity index (χ0n) is 15.3. The summed E-state index contributed by atoms with van der Waals surface area (Å²) in [7, 11) is 0. The Kier molecular flexibility index (Phi) is 5.11. The van der Waals surface area contributed by atoms with Crippen molar-refractivity contribution in [1.29, 1.82) is 0 Å². The summed E-state index contributed by atoms with van der Waals surface area (Å²) >= 11 is 1.98. The van der Waals surface area contributed by atoms with Gasteiger partial charge in [-0.25, -0.2) is 0 Å². The monoisotopic (exact) mass is 364 g/mol. The molecular formula is C22H24N2OS. The van der Waals surface area contributed by atoms with Crippen molar-refractivity contribution in [2.75, 3.05) is 0 Å². The molecule has 0 N–H and O–H groups in total. The van der Waals surface area contributed by atoms with Crippen molar-refractivity contribution in [2.45, 2.75) is 55.8 Å². The van der Waals surface area contributed by atoms with Gasteiger partial charge in [-0.15, -0.1) is 11.8 Å². The summed E-state index contributed by atoms with van der Waals surface area (Å²) in [6.07, 6.45) is 7.43. The highest BCUT2D eigenvalue weighted by atomic mass is 32.2. The molecule has 1 atom stereocenters. The zero-order valence-corrected chi connectivity index (χ0v) is 16.1. The van der Waals surface area contributed by atoms with Crippen LogP contribution in [0.25, 0.3) is 10.9 Å². The fourth-order valence-electron chi connectivity index (χ4n) is 3.00. The van der Waals surface area contributed by atoms with Crippen LogP contribution in [0.4, 0.5) is 0 Å². The van der Waals surface area contributed by atoms with E-state index in [-0.39, 0.29) is 0 Å². The number of pyridine rings is 2. The van der Waals surface area contributed by atoms with Crippen molar-refractivity contribution in [1.82, 2.24) is 9.97 Å². The molecule has 1 fully saturated rings. The first-order valence-corrected chi connectivity index (χ1v) is 10.2. The predicted molar refractivity (Wildman–Crippen MR) is 108 cm³/mol. The maximum absolute atomic E-state index is 6.17. The molecule has 0 aliphatic heterocycles. The number of fused-ring (bicyclic) bond motifs is 1. The molecule has 1 saturated carbocycles. The van der Waals surface area contributed by atoms with Gasteiger partial charge in [0.25, 0.3) is 0 Å². The van der Waals surface area contributed by atoms with Crippen molar-refractivity contribution < 1.29 is 4.74 Å². The van der Waals surface area contributed by atoms with Crippen LogP contribution in [0.2, 0.25) is 0 Å². The first-order valence-electron chi connectivity index (χ1n) is 9.36. The second-order valence-electron chi connectivity index (χ2n) is 6.96. The summed E-state index contributed by atoms with van der Waals surface area (Å²) in [6, 6.07) is 12.6. The highest BCUT2D eigenvalue weighted by Gasteiger charge is 2.22. The molecule has 0 spiro atoms. The van der Waals surface area contributed by atoms with Gasteiger partial charge in [0.2, 0.25) is 0 Å². The molecular weight excluding hydrogens is 340 g/mol. The van der Waals surface area contributed by atoms with E-state index in [4.69, 9.17) is 4.74 Å². The molecule has 4 rings (SSSR count). The Hall–Kier alpha value is -2.07. The minimum absolute atomic E-state index is 0.387. The number of benzene rings is 1. The Bertz CT molecular complexity index is 908. The van der Waals surface area contributed by atoms with E-state index in [2.05, 4.69) is 48.1 Å². The molecule has 1 unspecified atom stereocenters. The SMILES string of the molecule is CCC(C)c1nccc2c(OCc3cccc(SC4CC4)c3)ccnc12. The zero-order chi connectivity index (χ0) is 17.9. The quantitative estimate of drug-likeness (QED) is 0.517. The molecule has 26 heavy (non-hydrogen) atoms. The molecule has 1 aliphatic rings. The van der Waals surface area contributed by atoms with Crippen molar-refractivity contribution in [3.8, 4) is 5.75 Å². The number of ether oxygens (including phenoxy) is 1. The fraction of sp³-hybridized carbons (Fsp3) is 0.364. The fourth-order valence-corrected chi connectivity index (χ4v) is 4.14. The van der Waals surface area contributed by atoms with Crippen LogP contribution in [0.5, 0.6) is 5.75 Å². The van der Waals surface area contributed by atoms with Crippen molar-refractivity contribution >= 4 is 22.7 Å². The number of thioether (sulfide) groups is 1. The third kappa shape index (κ3) is 3.85. The lowest BCUT2D eigenvalue weighted by molar-refractivity contribution is 0.309. The molecule has 4 heteroatoms. The summed E-state index contributed by atoms with van der Waals surface area (Å²) < 4.78 is 6.17. The van der Waals surface area contributed by atoms with Gasteiger partial charge in [-0.05, 0) is 49.1 Å². The third-order valence-corrected chi connectivity index (χ3v) is 6.18. The molecule has 3 nitrogen and oxygen atoms in total. The average Bonchev–Trinajstić information content (AvgIpc) is 3.49. The van der Waals surface area contributed by atoms with E-state index < -0.39 is 0 Å². The topological polar surface area (TPSA) is 35.0 Å². The maximum atomic E-state index is 6.17. The number of hydrogen-bond acceptors (Lipinski definition) is 4. The van der Waals surface area contributed by atoms with E-state index in [1.165, 1.54) is 23.3 Å². The Labute approximate surface area is 159 Å². The number of rotatable bonds is 7. The Morgan fingerprint density at radius 2 is 2.00 bits per heavy atom. The van der Waals surface area contributed by atoms with Gasteiger partial charge in [-0.1, -0.05) is 26.0 Å². The molecule has 134 valence electrons. The standard InChI is InChI=1S/C22H24N2OS/c1-3-15(2)21-22-19(9-11-23-21)20(10-12-24-22)25-14-16-5-4-6-18(13-16)26-17-7-8-17/h4-6,9-13,15,17H,3,7-8,14H2,1-2H3. The third-order valence-electron chi connectivity index (χ3n) is 4.85. The van der Waals surface area contributed by atoms with Gasteiger partial charge in [0.05, 0.1) is 11.2 Å². The maximum Gasteiger partial charge on any atom is 0.130 e. The molecule has 0 radical (unpaired) electrons. The lowest BCUT2D eigenvalue weighted by Gasteiger charge is -2.13. The first-order chi connectivity index (χ1) is 12.7. The summed E-state index contributed by atoms with van der Waals surface area (Å²) in [6.45, 7) is 4.94. The largest absolute Gasteiger partial charge is 0.488 e. The Morgan fingerprint density at radius 3 is 2.81 bits per heavy atom. The molecule has 3 aromatic rings. The van der Waals surface area contributed by atoms with E-state index in [9.17, 15) is 0 Å². The van der Waals surface area contributed by atoms with Crippen molar-refractivity contribution in [3.63, 3.8) is 0 Å². The Morgan fingerprint density at radius 1 is 1.15 bits per heavy atom. The Balaban J connectivity index is 1.55. The van der Waals surface area contributed by atoms with Gasteiger partial charge >= 0.3 is 0 Å². The lowest BCUT2D eigenvalue weighted by Crippen LogP contribution is -2.01. The smallest absolute Gasteiger partial charge is 0.130 e. The van der Waals surface area contributed by atoms with Gasteiger partial charge in [0, 0.05) is 33.8 Å². The molecule has 0 amide bonds. The minimum atomic E-state index is 0.387. The van der Waals surface area contributed by atoms with E-state index >= 15 is 0 Å². The molecule has 1 aromatic carbocycles. The molecule has 2 aromatic heterocycles. The highest BCUT2D eigenvalue weighted by molar-refractivity contribution is 8.00. The minimum Gasteiger partial charge on any atom is -0.488 e. The van der Waals surface area contributed by atoms with Crippen molar-refractivity contribution in [3.05, 3.63) is 60.0 Å². The van der Waals surface area contributed by atoms with Crippen molar-refractivity contribution in [2.24, 2.45) is 0 Å². The van der Waals surface area contributed by atoms with Gasteiger partial charge in [-0.2, -0.15) is 0 Å². The van der Waals surface area contributed by atoms with Crippen LogP contribution in [0.1, 0.15) is 50.3 Å². The second kappa shape index (κ2) is 7.67. The molecule has 1 aliphatic carbocycles. The summed E-state index contributed by atoms with van der Waals surface area (Å²) in [4.78, 5) is 10.5. The first kappa shape index (κ1) is 17.3. The number of nitrogens with zero attached hydrogens (tertiary/aromatic N) is 2. The van der Waals surface area contributed by atoms with Crippen LogP contribution in [0.3, 0.4) is 0 Å². The highest BCUT2D eigenvalue weighted by Crippen LogP contribution is 2.39. The van der Waals surface area contributed by atoms with Gasteiger partial charge in [0.15, 0.2) is 0 Å². The van der Waals surface area contributed by atoms with Crippen LogP contribution in [-0.2, 0) is 6.61 Å². The summed E-state index contributed by atoms with van der Waals surface area (Å²) in [5.41, 5.74) is 3.22. The van der Waals surface area contributed by atoms with Crippen LogP contribution in [-0.4, -0.2) is 15.2 Å². The van der Waals surface area contributed by atoms with E-state index in [1.807, 2.05) is 36.3 Å². The van der Waals surface area contributed by atoms with Gasteiger partial charge < -0.3 is 4.74 Å². The van der Waals surface area contributed by atoms with Gasteiger partial charge in [0.1, 0.15) is 12.4 Å². The lowest BCUT2D eigenvalue weighted by atomic mass is 10.0. The van der Waals surface area contributed by atoms with Crippen LogP contribution in [0.15, 0.2) is 53.7 Å². The van der Waals surface area contributed by atoms with Crippen LogP contribution in [0, 0.1) is 0 Å². The van der Waals surface area contributed by atoms with Crippen LogP contribution < -0.4 is 4.74 Å². The van der Waals surface area contributed by atoms with E-state index in [0.29, 0.717) is 12.5 Å². The molecule has 0 bridgehead atoms.